The van der Waals surface area contributed by atoms with Gasteiger partial charge in [-0.15, -0.1) is 0 Å². The van der Waals surface area contributed by atoms with E-state index < -0.39 is 17.7 Å². The highest BCUT2D eigenvalue weighted by atomic mass is 19.2. The molecule has 0 aliphatic carbocycles. The number of aromatic nitrogens is 1. The number of likely N-dealkylation sites (N-methyl/N-ethyl adjacent to an activating group) is 1. The minimum Gasteiger partial charge on any atom is -0.337 e. The standard InChI is InChI=1S/C13H19F2N3O/c1-4-7-18(9-8-17(2)3)13(19)10-5-6-16-12(15)11(10)14/h5-6H,4,7-9H2,1-3H3. The Hall–Kier alpha value is -1.56. The molecule has 0 saturated carbocycles. The quantitative estimate of drug-likeness (QED) is 0.740. The maximum absolute atomic E-state index is 13.6. The van der Waals surface area contributed by atoms with E-state index in [9.17, 15) is 13.6 Å². The lowest BCUT2D eigenvalue weighted by atomic mass is 10.2. The van der Waals surface area contributed by atoms with E-state index in [0.29, 0.717) is 19.6 Å². The van der Waals surface area contributed by atoms with Crippen molar-refractivity contribution in [3.05, 3.63) is 29.6 Å². The number of pyridine rings is 1. The Morgan fingerprint density at radius 2 is 1.95 bits per heavy atom. The second-order valence-electron chi connectivity index (χ2n) is 4.56. The maximum atomic E-state index is 13.6. The van der Waals surface area contributed by atoms with Crippen LogP contribution in [-0.4, -0.2) is 54.4 Å². The first-order valence-corrected chi connectivity index (χ1v) is 6.21. The normalized spacial score (nSPS) is 10.8. The van der Waals surface area contributed by atoms with Crippen molar-refractivity contribution in [2.24, 2.45) is 0 Å². The molecule has 0 saturated heterocycles. The fraction of sp³-hybridized carbons (Fsp3) is 0.538. The molecule has 0 aliphatic heterocycles. The van der Waals surface area contributed by atoms with Crippen molar-refractivity contribution >= 4 is 5.91 Å². The van der Waals surface area contributed by atoms with Crippen LogP contribution >= 0.6 is 0 Å². The Balaban J connectivity index is 2.89. The van der Waals surface area contributed by atoms with Gasteiger partial charge in [0, 0.05) is 25.8 Å². The lowest BCUT2D eigenvalue weighted by Crippen LogP contribution is -2.37. The van der Waals surface area contributed by atoms with Crippen LogP contribution in [0.4, 0.5) is 8.78 Å². The molecule has 0 atom stereocenters. The largest absolute Gasteiger partial charge is 0.337 e. The van der Waals surface area contributed by atoms with E-state index in [1.807, 2.05) is 25.9 Å². The molecule has 1 amide bonds. The van der Waals surface area contributed by atoms with Gasteiger partial charge in [0.1, 0.15) is 0 Å². The zero-order valence-electron chi connectivity index (χ0n) is 11.5. The summed E-state index contributed by atoms with van der Waals surface area (Å²) in [6.07, 6.45) is 1.86. The molecule has 6 heteroatoms. The predicted molar refractivity (Wildman–Crippen MR) is 68.9 cm³/mol. The van der Waals surface area contributed by atoms with Crippen molar-refractivity contribution in [2.45, 2.75) is 13.3 Å². The van der Waals surface area contributed by atoms with Crippen molar-refractivity contribution in [3.63, 3.8) is 0 Å². The molecule has 1 aromatic heterocycles. The molecule has 106 valence electrons. The highest BCUT2D eigenvalue weighted by Crippen LogP contribution is 2.12. The average Bonchev–Trinajstić information content (AvgIpc) is 2.37. The zero-order valence-corrected chi connectivity index (χ0v) is 11.5. The smallest absolute Gasteiger partial charge is 0.257 e. The number of nitrogens with zero attached hydrogens (tertiary/aromatic N) is 3. The average molecular weight is 271 g/mol. The molecule has 0 bridgehead atoms. The Bertz CT molecular complexity index is 438. The molecule has 1 heterocycles. The molecular weight excluding hydrogens is 252 g/mol. The van der Waals surface area contributed by atoms with Gasteiger partial charge in [0.25, 0.3) is 5.91 Å². The third-order valence-electron chi connectivity index (χ3n) is 2.67. The summed E-state index contributed by atoms with van der Waals surface area (Å²) in [4.78, 5) is 18.8. The van der Waals surface area contributed by atoms with Crippen molar-refractivity contribution in [2.75, 3.05) is 33.7 Å². The van der Waals surface area contributed by atoms with Crippen LogP contribution in [0.3, 0.4) is 0 Å². The van der Waals surface area contributed by atoms with E-state index in [2.05, 4.69) is 4.98 Å². The highest BCUT2D eigenvalue weighted by molar-refractivity contribution is 5.94. The molecule has 0 unspecified atom stereocenters. The molecule has 19 heavy (non-hydrogen) atoms. The zero-order chi connectivity index (χ0) is 14.4. The number of halogens is 2. The van der Waals surface area contributed by atoms with E-state index in [4.69, 9.17) is 0 Å². The summed E-state index contributed by atoms with van der Waals surface area (Å²) in [7, 11) is 3.78. The monoisotopic (exact) mass is 271 g/mol. The van der Waals surface area contributed by atoms with Crippen molar-refractivity contribution < 1.29 is 13.6 Å². The molecule has 1 aromatic rings. The Morgan fingerprint density at radius 1 is 1.26 bits per heavy atom. The fourth-order valence-electron chi connectivity index (χ4n) is 1.66. The fourth-order valence-corrected chi connectivity index (χ4v) is 1.66. The van der Waals surface area contributed by atoms with Gasteiger partial charge >= 0.3 is 0 Å². The highest BCUT2D eigenvalue weighted by Gasteiger charge is 2.21. The van der Waals surface area contributed by atoms with Crippen LogP contribution in [0, 0.1) is 11.8 Å². The Labute approximate surface area is 112 Å². The molecule has 0 fully saturated rings. The van der Waals surface area contributed by atoms with Gasteiger partial charge in [-0.25, -0.2) is 9.37 Å². The van der Waals surface area contributed by atoms with E-state index in [1.165, 1.54) is 11.0 Å². The van der Waals surface area contributed by atoms with Crippen LogP contribution in [-0.2, 0) is 0 Å². The van der Waals surface area contributed by atoms with Gasteiger partial charge in [0.2, 0.25) is 5.95 Å². The minimum absolute atomic E-state index is 0.264. The Kier molecular flexibility index (Phi) is 5.82. The number of hydrogen-bond donors (Lipinski definition) is 0. The second kappa shape index (κ2) is 7.13. The molecular formula is C13H19F2N3O. The first-order chi connectivity index (χ1) is 8.97. The molecule has 4 nitrogen and oxygen atoms in total. The lowest BCUT2D eigenvalue weighted by molar-refractivity contribution is 0.0738. The van der Waals surface area contributed by atoms with Crippen LogP contribution in [0.1, 0.15) is 23.7 Å². The van der Waals surface area contributed by atoms with Crippen LogP contribution < -0.4 is 0 Å². The van der Waals surface area contributed by atoms with E-state index in [0.717, 1.165) is 12.6 Å². The van der Waals surface area contributed by atoms with Gasteiger partial charge < -0.3 is 9.80 Å². The summed E-state index contributed by atoms with van der Waals surface area (Å²) in [5, 5.41) is 0. The first-order valence-electron chi connectivity index (χ1n) is 6.21. The third-order valence-corrected chi connectivity index (χ3v) is 2.67. The van der Waals surface area contributed by atoms with E-state index >= 15 is 0 Å². The number of carbonyl (C=O) groups is 1. The summed E-state index contributed by atoms with van der Waals surface area (Å²) >= 11 is 0. The third kappa shape index (κ3) is 4.24. The molecule has 0 aromatic carbocycles. The predicted octanol–water partition coefficient (Wildman–Crippen LogP) is 1.77. The van der Waals surface area contributed by atoms with Gasteiger partial charge in [-0.1, -0.05) is 6.92 Å². The van der Waals surface area contributed by atoms with Gasteiger partial charge in [-0.3, -0.25) is 4.79 Å². The van der Waals surface area contributed by atoms with Crippen molar-refractivity contribution in [1.29, 1.82) is 0 Å². The number of hydrogen-bond acceptors (Lipinski definition) is 3. The summed E-state index contributed by atoms with van der Waals surface area (Å²) in [6, 6.07) is 1.21. The van der Waals surface area contributed by atoms with Crippen LogP contribution in [0.5, 0.6) is 0 Å². The van der Waals surface area contributed by atoms with Gasteiger partial charge in [0.15, 0.2) is 5.82 Å². The summed E-state index contributed by atoms with van der Waals surface area (Å²) in [5.41, 5.74) is -0.264. The van der Waals surface area contributed by atoms with Gasteiger partial charge in [-0.05, 0) is 26.6 Å². The number of amides is 1. The van der Waals surface area contributed by atoms with Crippen LogP contribution in [0.15, 0.2) is 12.3 Å². The minimum atomic E-state index is -1.24. The van der Waals surface area contributed by atoms with E-state index in [1.54, 1.807) is 0 Å². The summed E-state index contributed by atoms with van der Waals surface area (Å²) in [5.74, 6) is -2.92. The maximum Gasteiger partial charge on any atom is 0.257 e. The summed E-state index contributed by atoms with van der Waals surface area (Å²) in [6.45, 7) is 3.58. The van der Waals surface area contributed by atoms with Crippen LogP contribution in [0.2, 0.25) is 0 Å². The molecule has 1 rings (SSSR count). The molecule has 0 radical (unpaired) electrons. The SMILES string of the molecule is CCCN(CCN(C)C)C(=O)c1ccnc(F)c1F. The van der Waals surface area contributed by atoms with Crippen molar-refractivity contribution in [1.82, 2.24) is 14.8 Å². The second-order valence-corrected chi connectivity index (χ2v) is 4.56. The van der Waals surface area contributed by atoms with Gasteiger partial charge in [-0.2, -0.15) is 4.39 Å². The van der Waals surface area contributed by atoms with Crippen molar-refractivity contribution in [3.8, 4) is 0 Å². The molecule has 0 N–H and O–H groups in total. The topological polar surface area (TPSA) is 36.4 Å². The number of carbonyl (C=O) groups excluding carboxylic acids is 1. The Morgan fingerprint density at radius 3 is 2.53 bits per heavy atom. The lowest BCUT2D eigenvalue weighted by Gasteiger charge is -2.24. The number of rotatable bonds is 6. The molecule has 0 spiro atoms. The van der Waals surface area contributed by atoms with Gasteiger partial charge in [0.05, 0.1) is 5.56 Å². The van der Waals surface area contributed by atoms with E-state index in [-0.39, 0.29) is 5.56 Å². The van der Waals surface area contributed by atoms with Crippen LogP contribution in [0.25, 0.3) is 0 Å². The molecule has 0 aliphatic rings. The summed E-state index contributed by atoms with van der Waals surface area (Å²) < 4.78 is 26.6. The first kappa shape index (κ1) is 15.5.